The van der Waals surface area contributed by atoms with Crippen LogP contribution in [0.5, 0.6) is 0 Å². The summed E-state index contributed by atoms with van der Waals surface area (Å²) >= 11 is 0. The number of Topliss-reactive ketones (excluding diaryl/α,β-unsaturated/α-hetero) is 1. The molecule has 0 aromatic heterocycles. The molecular weight excluding hydrogens is 284 g/mol. The topological polar surface area (TPSA) is 41.1 Å². The monoisotopic (exact) mass is 306 g/mol. The number of ketones is 1. The summed E-state index contributed by atoms with van der Waals surface area (Å²) in [6.07, 6.45) is 2.34. The van der Waals surface area contributed by atoms with Crippen molar-refractivity contribution in [3.8, 4) is 11.1 Å². The summed E-state index contributed by atoms with van der Waals surface area (Å²) in [7, 11) is 0. The second kappa shape index (κ2) is 5.82. The fourth-order valence-electron chi connectivity index (χ4n) is 3.99. The third kappa shape index (κ3) is 2.55. The van der Waals surface area contributed by atoms with E-state index in [1.54, 1.807) is 6.92 Å². The molecule has 4 rings (SSSR count). The number of carbonyl (C=O) groups is 1. The van der Waals surface area contributed by atoms with Crippen LogP contribution in [0.3, 0.4) is 0 Å². The van der Waals surface area contributed by atoms with E-state index < -0.39 is 0 Å². The van der Waals surface area contributed by atoms with Crippen molar-refractivity contribution in [1.82, 2.24) is 5.32 Å². The maximum Gasteiger partial charge on any atom is 0.159 e. The first-order valence-corrected chi connectivity index (χ1v) is 8.45. The molecule has 2 atom stereocenters. The van der Waals surface area contributed by atoms with Crippen LogP contribution in [0.2, 0.25) is 0 Å². The lowest BCUT2D eigenvalue weighted by atomic mass is 9.86. The Labute approximate surface area is 137 Å². The minimum atomic E-state index is 0.117. The SMILES string of the molecule is CC(=O)c1ccc(-c2cccc3c2C2CCNCCC2N3)cc1. The third-order valence-corrected chi connectivity index (χ3v) is 5.17. The number of benzene rings is 2. The van der Waals surface area contributed by atoms with Crippen LogP contribution in [0.1, 0.15) is 41.6 Å². The summed E-state index contributed by atoms with van der Waals surface area (Å²) < 4.78 is 0. The molecule has 3 heteroatoms. The molecule has 2 aromatic carbocycles. The van der Waals surface area contributed by atoms with Gasteiger partial charge in [0, 0.05) is 23.2 Å². The van der Waals surface area contributed by atoms with Gasteiger partial charge in [-0.05, 0) is 55.6 Å². The Kier molecular flexibility index (Phi) is 3.66. The molecule has 1 fully saturated rings. The molecule has 2 heterocycles. The third-order valence-electron chi connectivity index (χ3n) is 5.17. The largest absolute Gasteiger partial charge is 0.381 e. The van der Waals surface area contributed by atoms with E-state index in [4.69, 9.17) is 0 Å². The Morgan fingerprint density at radius 1 is 1.04 bits per heavy atom. The van der Waals surface area contributed by atoms with Crippen LogP contribution >= 0.6 is 0 Å². The molecule has 0 radical (unpaired) electrons. The highest BCUT2D eigenvalue weighted by Crippen LogP contribution is 2.45. The number of anilines is 1. The Morgan fingerprint density at radius 3 is 2.61 bits per heavy atom. The highest BCUT2D eigenvalue weighted by molar-refractivity contribution is 5.94. The first kappa shape index (κ1) is 14.5. The highest BCUT2D eigenvalue weighted by Gasteiger charge is 2.34. The minimum absolute atomic E-state index is 0.117. The van der Waals surface area contributed by atoms with E-state index in [0.29, 0.717) is 12.0 Å². The van der Waals surface area contributed by atoms with Crippen molar-refractivity contribution in [3.05, 3.63) is 53.6 Å². The zero-order valence-corrected chi connectivity index (χ0v) is 13.4. The van der Waals surface area contributed by atoms with Gasteiger partial charge in [-0.1, -0.05) is 36.4 Å². The predicted octanol–water partition coefficient (Wildman–Crippen LogP) is 3.82. The van der Waals surface area contributed by atoms with E-state index in [9.17, 15) is 4.79 Å². The van der Waals surface area contributed by atoms with Gasteiger partial charge in [0.25, 0.3) is 0 Å². The van der Waals surface area contributed by atoms with Gasteiger partial charge in [0.2, 0.25) is 0 Å². The van der Waals surface area contributed by atoms with Gasteiger partial charge < -0.3 is 10.6 Å². The second-order valence-electron chi connectivity index (χ2n) is 6.59. The molecule has 0 amide bonds. The van der Waals surface area contributed by atoms with Gasteiger partial charge in [0.05, 0.1) is 0 Å². The molecule has 0 saturated carbocycles. The number of carbonyl (C=O) groups excluding carboxylic acids is 1. The van der Waals surface area contributed by atoms with Crippen molar-refractivity contribution < 1.29 is 4.79 Å². The normalized spacial score (nSPS) is 22.7. The van der Waals surface area contributed by atoms with E-state index in [2.05, 4.69) is 41.0 Å². The van der Waals surface area contributed by atoms with Gasteiger partial charge in [-0.25, -0.2) is 0 Å². The fourth-order valence-corrected chi connectivity index (χ4v) is 3.99. The quantitative estimate of drug-likeness (QED) is 0.829. The van der Waals surface area contributed by atoms with Gasteiger partial charge in [-0.15, -0.1) is 0 Å². The van der Waals surface area contributed by atoms with Crippen molar-refractivity contribution in [2.24, 2.45) is 0 Å². The zero-order chi connectivity index (χ0) is 15.8. The first-order valence-electron chi connectivity index (χ1n) is 8.45. The minimum Gasteiger partial charge on any atom is -0.381 e. The fraction of sp³-hybridized carbons (Fsp3) is 0.350. The molecular formula is C20H22N2O. The van der Waals surface area contributed by atoms with E-state index >= 15 is 0 Å². The Hall–Kier alpha value is -2.13. The van der Waals surface area contributed by atoms with E-state index in [1.807, 2.05) is 12.1 Å². The van der Waals surface area contributed by atoms with Crippen LogP contribution in [-0.4, -0.2) is 24.9 Å². The molecule has 2 unspecified atom stereocenters. The number of rotatable bonds is 2. The van der Waals surface area contributed by atoms with Crippen molar-refractivity contribution >= 4 is 11.5 Å². The second-order valence-corrected chi connectivity index (χ2v) is 6.59. The number of fused-ring (bicyclic) bond motifs is 3. The average Bonchev–Trinajstić information content (AvgIpc) is 2.76. The van der Waals surface area contributed by atoms with Gasteiger partial charge in [-0.2, -0.15) is 0 Å². The van der Waals surface area contributed by atoms with Crippen LogP contribution in [0.25, 0.3) is 11.1 Å². The van der Waals surface area contributed by atoms with Gasteiger partial charge in [0.15, 0.2) is 5.78 Å². The van der Waals surface area contributed by atoms with E-state index in [1.165, 1.54) is 35.2 Å². The lowest BCUT2D eigenvalue weighted by Crippen LogP contribution is -2.21. The van der Waals surface area contributed by atoms with Crippen molar-refractivity contribution in [2.75, 3.05) is 18.4 Å². The molecule has 2 aliphatic rings. The first-order chi connectivity index (χ1) is 11.2. The van der Waals surface area contributed by atoms with Crippen molar-refractivity contribution in [2.45, 2.75) is 31.7 Å². The lowest BCUT2D eigenvalue weighted by molar-refractivity contribution is 0.101. The molecule has 1 saturated heterocycles. The maximum atomic E-state index is 11.5. The molecule has 0 spiro atoms. The van der Waals surface area contributed by atoms with Crippen LogP contribution < -0.4 is 10.6 Å². The summed E-state index contributed by atoms with van der Waals surface area (Å²) in [5, 5.41) is 7.23. The van der Waals surface area contributed by atoms with E-state index in [0.717, 1.165) is 18.7 Å². The number of nitrogens with one attached hydrogen (secondary N) is 2. The van der Waals surface area contributed by atoms with Crippen LogP contribution in [-0.2, 0) is 0 Å². The smallest absolute Gasteiger partial charge is 0.159 e. The Bertz CT molecular complexity index is 736. The van der Waals surface area contributed by atoms with Gasteiger partial charge >= 0.3 is 0 Å². The molecule has 2 N–H and O–H groups in total. The molecule has 0 aliphatic carbocycles. The summed E-state index contributed by atoms with van der Waals surface area (Å²) in [5.41, 5.74) is 6.02. The number of hydrogen-bond donors (Lipinski definition) is 2. The van der Waals surface area contributed by atoms with Gasteiger partial charge in [-0.3, -0.25) is 4.79 Å². The lowest BCUT2D eigenvalue weighted by Gasteiger charge is -2.18. The Morgan fingerprint density at radius 2 is 1.83 bits per heavy atom. The highest BCUT2D eigenvalue weighted by atomic mass is 16.1. The van der Waals surface area contributed by atoms with Gasteiger partial charge in [0.1, 0.15) is 0 Å². The summed E-state index contributed by atoms with van der Waals surface area (Å²) in [6.45, 7) is 3.78. The maximum absolute atomic E-state index is 11.5. The van der Waals surface area contributed by atoms with Crippen molar-refractivity contribution in [3.63, 3.8) is 0 Å². The summed E-state index contributed by atoms with van der Waals surface area (Å²) in [6, 6.07) is 15.1. The predicted molar refractivity (Wildman–Crippen MR) is 94.1 cm³/mol. The Balaban J connectivity index is 1.76. The molecule has 2 aromatic rings. The van der Waals surface area contributed by atoms with Crippen LogP contribution in [0, 0.1) is 0 Å². The van der Waals surface area contributed by atoms with Crippen LogP contribution in [0.15, 0.2) is 42.5 Å². The molecule has 2 aliphatic heterocycles. The molecule has 23 heavy (non-hydrogen) atoms. The zero-order valence-electron chi connectivity index (χ0n) is 13.4. The molecule has 0 bridgehead atoms. The average molecular weight is 306 g/mol. The van der Waals surface area contributed by atoms with E-state index in [-0.39, 0.29) is 5.78 Å². The summed E-state index contributed by atoms with van der Waals surface area (Å²) in [5.74, 6) is 0.690. The molecule has 3 nitrogen and oxygen atoms in total. The number of hydrogen-bond acceptors (Lipinski definition) is 3. The standard InChI is InChI=1S/C20H22N2O/c1-13(23)14-5-7-15(8-6-14)16-3-2-4-19-20(16)17-9-11-21-12-10-18(17)22-19/h2-8,17-18,21-22H,9-12H2,1H3. The van der Waals surface area contributed by atoms with Crippen LogP contribution in [0.4, 0.5) is 5.69 Å². The molecule has 118 valence electrons. The van der Waals surface area contributed by atoms with Crippen molar-refractivity contribution in [1.29, 1.82) is 0 Å². The summed E-state index contributed by atoms with van der Waals surface area (Å²) in [4.78, 5) is 11.5.